The highest BCUT2D eigenvalue weighted by Crippen LogP contribution is 2.25. The van der Waals surface area contributed by atoms with Gasteiger partial charge < -0.3 is 15.4 Å². The van der Waals surface area contributed by atoms with E-state index >= 15 is 0 Å². The van der Waals surface area contributed by atoms with E-state index in [2.05, 4.69) is 0 Å². The maximum atomic E-state index is 12.3. The predicted octanol–water partition coefficient (Wildman–Crippen LogP) is 1.39. The smallest absolute Gasteiger partial charge is 0.225 e. The lowest BCUT2D eigenvalue weighted by Gasteiger charge is -2.32. The predicted molar refractivity (Wildman–Crippen MR) is 71.1 cm³/mol. The molecule has 1 aliphatic carbocycles. The van der Waals surface area contributed by atoms with Crippen molar-refractivity contribution in [1.82, 2.24) is 4.90 Å². The Kier molecular flexibility index (Phi) is 5.01. The molecule has 4 heteroatoms. The molecular formula is C14H26N2O2. The number of carbonyl (C=O) groups is 1. The molecule has 1 saturated carbocycles. The van der Waals surface area contributed by atoms with Crippen LogP contribution in [0.5, 0.6) is 0 Å². The minimum absolute atomic E-state index is 0.208. The molecule has 0 spiro atoms. The number of nitrogens with two attached hydrogens (primary N) is 1. The molecule has 1 saturated heterocycles. The summed E-state index contributed by atoms with van der Waals surface area (Å²) >= 11 is 0. The molecule has 0 aromatic carbocycles. The fraction of sp³-hybridized carbons (Fsp3) is 0.929. The van der Waals surface area contributed by atoms with E-state index in [1.165, 1.54) is 6.42 Å². The molecule has 1 heterocycles. The molecule has 2 N–H and O–H groups in total. The van der Waals surface area contributed by atoms with Gasteiger partial charge in [-0.2, -0.15) is 0 Å². The van der Waals surface area contributed by atoms with Gasteiger partial charge in [-0.1, -0.05) is 0 Å². The van der Waals surface area contributed by atoms with Crippen molar-refractivity contribution < 1.29 is 9.53 Å². The summed E-state index contributed by atoms with van der Waals surface area (Å²) in [6.07, 6.45) is 6.24. The molecule has 2 fully saturated rings. The highest BCUT2D eigenvalue weighted by molar-refractivity contribution is 5.78. The molecule has 2 rings (SSSR count). The number of rotatable bonds is 3. The highest BCUT2D eigenvalue weighted by Gasteiger charge is 2.28. The Morgan fingerprint density at radius 3 is 2.61 bits per heavy atom. The first-order chi connectivity index (χ1) is 8.66. The zero-order chi connectivity index (χ0) is 13.0. The quantitative estimate of drug-likeness (QED) is 0.828. The number of hydrogen-bond acceptors (Lipinski definition) is 3. The molecular weight excluding hydrogens is 228 g/mol. The van der Waals surface area contributed by atoms with Gasteiger partial charge in [-0.25, -0.2) is 0 Å². The molecule has 0 aromatic heterocycles. The van der Waals surface area contributed by atoms with Gasteiger partial charge in [0.1, 0.15) is 0 Å². The van der Waals surface area contributed by atoms with Crippen LogP contribution < -0.4 is 5.73 Å². The van der Waals surface area contributed by atoms with Crippen molar-refractivity contribution in [2.45, 2.75) is 44.6 Å². The minimum Gasteiger partial charge on any atom is -0.381 e. The van der Waals surface area contributed by atoms with Crippen LogP contribution in [-0.4, -0.2) is 43.7 Å². The Labute approximate surface area is 110 Å². The minimum atomic E-state index is 0.208. The van der Waals surface area contributed by atoms with Gasteiger partial charge in [-0.05, 0) is 44.4 Å². The van der Waals surface area contributed by atoms with Crippen molar-refractivity contribution >= 4 is 5.91 Å². The highest BCUT2D eigenvalue weighted by atomic mass is 16.5. The second-order valence-electron chi connectivity index (χ2n) is 5.91. The van der Waals surface area contributed by atoms with Crippen LogP contribution >= 0.6 is 0 Å². The molecule has 18 heavy (non-hydrogen) atoms. The molecule has 1 amide bonds. The molecule has 4 nitrogen and oxygen atoms in total. The number of amides is 1. The SMILES string of the molecule is CN(CC1CCCOC1)C(=O)C1CCC(N)CC1. The van der Waals surface area contributed by atoms with Crippen LogP contribution in [0.25, 0.3) is 0 Å². The van der Waals surface area contributed by atoms with E-state index in [1.807, 2.05) is 11.9 Å². The number of carbonyl (C=O) groups excluding carboxylic acids is 1. The van der Waals surface area contributed by atoms with Crippen molar-refractivity contribution in [3.63, 3.8) is 0 Å². The topological polar surface area (TPSA) is 55.6 Å². The van der Waals surface area contributed by atoms with E-state index in [-0.39, 0.29) is 5.92 Å². The zero-order valence-corrected chi connectivity index (χ0v) is 11.4. The van der Waals surface area contributed by atoms with E-state index in [1.54, 1.807) is 0 Å². The van der Waals surface area contributed by atoms with Gasteiger partial charge in [-0.3, -0.25) is 4.79 Å². The molecule has 0 aromatic rings. The average molecular weight is 254 g/mol. The average Bonchev–Trinajstić information content (AvgIpc) is 2.40. The number of hydrogen-bond donors (Lipinski definition) is 1. The normalized spacial score (nSPS) is 33.1. The van der Waals surface area contributed by atoms with Crippen LogP contribution in [-0.2, 0) is 9.53 Å². The third kappa shape index (κ3) is 3.69. The van der Waals surface area contributed by atoms with Crippen LogP contribution in [0.2, 0.25) is 0 Å². The third-order valence-electron chi connectivity index (χ3n) is 4.28. The van der Waals surface area contributed by atoms with Crippen molar-refractivity contribution in [1.29, 1.82) is 0 Å². The fourth-order valence-electron chi connectivity index (χ4n) is 3.11. The van der Waals surface area contributed by atoms with Crippen molar-refractivity contribution in [2.24, 2.45) is 17.6 Å². The summed E-state index contributed by atoms with van der Waals surface area (Å²) in [6, 6.07) is 0.311. The van der Waals surface area contributed by atoms with Crippen LogP contribution in [0, 0.1) is 11.8 Å². The molecule has 1 aliphatic heterocycles. The molecule has 1 atom stereocenters. The Hall–Kier alpha value is -0.610. The van der Waals surface area contributed by atoms with Gasteiger partial charge in [0.05, 0.1) is 6.61 Å². The van der Waals surface area contributed by atoms with Gasteiger partial charge in [0.2, 0.25) is 5.91 Å². The molecule has 0 bridgehead atoms. The standard InChI is InChI=1S/C14H26N2O2/c1-16(9-11-3-2-8-18-10-11)14(17)12-4-6-13(15)7-5-12/h11-13H,2-10,15H2,1H3. The third-order valence-corrected chi connectivity index (χ3v) is 4.28. The Morgan fingerprint density at radius 2 is 2.00 bits per heavy atom. The number of nitrogens with zero attached hydrogens (tertiary/aromatic N) is 1. The summed E-state index contributed by atoms with van der Waals surface area (Å²) in [5.41, 5.74) is 5.88. The van der Waals surface area contributed by atoms with Gasteiger partial charge in [0, 0.05) is 32.2 Å². The molecule has 0 radical (unpaired) electrons. The molecule has 104 valence electrons. The zero-order valence-electron chi connectivity index (χ0n) is 11.4. The van der Waals surface area contributed by atoms with Gasteiger partial charge in [-0.15, -0.1) is 0 Å². The van der Waals surface area contributed by atoms with E-state index in [9.17, 15) is 4.79 Å². The summed E-state index contributed by atoms with van der Waals surface area (Å²) in [5.74, 6) is 1.05. The van der Waals surface area contributed by atoms with Crippen LogP contribution in [0.15, 0.2) is 0 Å². The Morgan fingerprint density at radius 1 is 1.28 bits per heavy atom. The van der Waals surface area contributed by atoms with Crippen LogP contribution in [0.3, 0.4) is 0 Å². The lowest BCUT2D eigenvalue weighted by atomic mass is 9.85. The Balaban J connectivity index is 1.77. The maximum Gasteiger partial charge on any atom is 0.225 e. The monoisotopic (exact) mass is 254 g/mol. The summed E-state index contributed by atoms with van der Waals surface area (Å²) in [4.78, 5) is 14.2. The first-order valence-electron chi connectivity index (χ1n) is 7.25. The van der Waals surface area contributed by atoms with Crippen molar-refractivity contribution in [3.8, 4) is 0 Å². The van der Waals surface area contributed by atoms with Crippen molar-refractivity contribution in [2.75, 3.05) is 26.8 Å². The summed E-state index contributed by atoms with van der Waals surface area (Å²) in [5, 5.41) is 0. The summed E-state index contributed by atoms with van der Waals surface area (Å²) in [7, 11) is 1.94. The number of ether oxygens (including phenoxy) is 1. The first kappa shape index (κ1) is 13.8. The molecule has 2 aliphatic rings. The van der Waals surface area contributed by atoms with E-state index in [0.29, 0.717) is 17.9 Å². The van der Waals surface area contributed by atoms with Crippen LogP contribution in [0.4, 0.5) is 0 Å². The lowest BCUT2D eigenvalue weighted by Crippen LogP contribution is -2.40. The Bertz CT molecular complexity index is 269. The van der Waals surface area contributed by atoms with E-state index in [4.69, 9.17) is 10.5 Å². The summed E-state index contributed by atoms with van der Waals surface area (Å²) < 4.78 is 5.47. The van der Waals surface area contributed by atoms with Crippen molar-refractivity contribution in [3.05, 3.63) is 0 Å². The molecule has 1 unspecified atom stereocenters. The van der Waals surface area contributed by atoms with Gasteiger partial charge in [0.25, 0.3) is 0 Å². The van der Waals surface area contributed by atoms with Crippen LogP contribution in [0.1, 0.15) is 38.5 Å². The lowest BCUT2D eigenvalue weighted by molar-refractivity contribution is -0.136. The summed E-state index contributed by atoms with van der Waals surface area (Å²) in [6.45, 7) is 2.54. The first-order valence-corrected chi connectivity index (χ1v) is 7.25. The van der Waals surface area contributed by atoms with Gasteiger partial charge >= 0.3 is 0 Å². The van der Waals surface area contributed by atoms with Gasteiger partial charge in [0.15, 0.2) is 0 Å². The largest absolute Gasteiger partial charge is 0.381 e. The van der Waals surface area contributed by atoms with E-state index in [0.717, 1.165) is 51.9 Å². The second-order valence-corrected chi connectivity index (χ2v) is 5.91. The maximum absolute atomic E-state index is 12.3. The van der Waals surface area contributed by atoms with E-state index < -0.39 is 0 Å². The second kappa shape index (κ2) is 6.53. The fourth-order valence-corrected chi connectivity index (χ4v) is 3.11.